The van der Waals surface area contributed by atoms with E-state index >= 15 is 0 Å². The molecule has 3 heterocycles. The maximum Gasteiger partial charge on any atom is 0.0638 e. The van der Waals surface area contributed by atoms with Crippen LogP contribution in [0.4, 0.5) is 11.4 Å². The first-order valence-corrected chi connectivity index (χ1v) is 9.77. The van der Waals surface area contributed by atoms with E-state index in [9.17, 15) is 5.11 Å². The molecule has 0 saturated carbocycles. The molecule has 3 heteroatoms. The van der Waals surface area contributed by atoms with E-state index in [1.807, 2.05) is 0 Å². The van der Waals surface area contributed by atoms with E-state index in [2.05, 4.69) is 83.0 Å². The van der Waals surface area contributed by atoms with Crippen LogP contribution < -0.4 is 10.2 Å². The van der Waals surface area contributed by atoms with Gasteiger partial charge in [0.25, 0.3) is 0 Å². The second-order valence-corrected chi connectivity index (χ2v) is 7.90. The fourth-order valence-corrected chi connectivity index (χ4v) is 5.55. The van der Waals surface area contributed by atoms with Crippen LogP contribution in [-0.4, -0.2) is 18.3 Å². The van der Waals surface area contributed by atoms with Crippen molar-refractivity contribution in [1.29, 1.82) is 0 Å². The van der Waals surface area contributed by atoms with Crippen LogP contribution in [0.5, 0.6) is 0 Å². The molecule has 2 N–H and O–H groups in total. The lowest BCUT2D eigenvalue weighted by Gasteiger charge is -2.50. The Kier molecular flexibility index (Phi) is 3.18. The van der Waals surface area contributed by atoms with Crippen molar-refractivity contribution in [2.45, 2.75) is 23.9 Å². The van der Waals surface area contributed by atoms with Gasteiger partial charge in [-0.15, -0.1) is 0 Å². The zero-order chi connectivity index (χ0) is 18.0. The molecule has 0 spiro atoms. The van der Waals surface area contributed by atoms with Crippen LogP contribution >= 0.6 is 0 Å². The summed E-state index contributed by atoms with van der Waals surface area (Å²) in [4.78, 5) is 2.55. The third-order valence-electron chi connectivity index (χ3n) is 6.64. The van der Waals surface area contributed by atoms with Gasteiger partial charge in [-0.25, -0.2) is 0 Å². The van der Waals surface area contributed by atoms with Gasteiger partial charge < -0.3 is 15.3 Å². The molecule has 0 aliphatic carbocycles. The van der Waals surface area contributed by atoms with Gasteiger partial charge in [-0.05, 0) is 34.4 Å². The average Bonchev–Trinajstić information content (AvgIpc) is 3.12. The molecule has 27 heavy (non-hydrogen) atoms. The minimum absolute atomic E-state index is 0.159. The number of benzene rings is 3. The SMILES string of the molecule is OC[C@H]1CN2c3ccccc3[C@@H]3Nc4ccccc4[C@@H]3[C@@H]2c2ccccc21. The molecule has 6 rings (SSSR count). The lowest BCUT2D eigenvalue weighted by molar-refractivity contribution is 0.253. The van der Waals surface area contributed by atoms with E-state index in [4.69, 9.17) is 0 Å². The predicted octanol–water partition coefficient (Wildman–Crippen LogP) is 4.59. The summed E-state index contributed by atoms with van der Waals surface area (Å²) >= 11 is 0. The Hall–Kier alpha value is -2.78. The smallest absolute Gasteiger partial charge is 0.0638 e. The normalized spacial score (nSPS) is 26.9. The molecule has 0 fully saturated rings. The van der Waals surface area contributed by atoms with Crippen LogP contribution in [0, 0.1) is 0 Å². The summed E-state index contributed by atoms with van der Waals surface area (Å²) in [7, 11) is 0. The molecule has 0 unspecified atom stereocenters. The second kappa shape index (κ2) is 5.61. The molecular weight excluding hydrogens is 332 g/mol. The van der Waals surface area contributed by atoms with Gasteiger partial charge in [0.15, 0.2) is 0 Å². The van der Waals surface area contributed by atoms with Crippen LogP contribution in [0.25, 0.3) is 0 Å². The molecule has 4 atom stereocenters. The monoisotopic (exact) mass is 354 g/mol. The van der Waals surface area contributed by atoms with Crippen molar-refractivity contribution >= 4 is 11.4 Å². The first-order chi connectivity index (χ1) is 13.4. The number of hydrogen-bond donors (Lipinski definition) is 2. The number of nitrogens with one attached hydrogen (secondary N) is 1. The molecule has 0 bridgehead atoms. The zero-order valence-corrected chi connectivity index (χ0v) is 15.0. The van der Waals surface area contributed by atoms with Crippen LogP contribution in [-0.2, 0) is 0 Å². The summed E-state index contributed by atoms with van der Waals surface area (Å²) in [5.74, 6) is 0.531. The van der Waals surface area contributed by atoms with Crippen molar-refractivity contribution < 1.29 is 5.11 Å². The number of rotatable bonds is 1. The lowest BCUT2D eigenvalue weighted by atomic mass is 9.72. The Bertz CT molecular complexity index is 1030. The van der Waals surface area contributed by atoms with Gasteiger partial charge in [0.1, 0.15) is 0 Å². The maximum atomic E-state index is 10.1. The molecule has 0 saturated heterocycles. The van der Waals surface area contributed by atoms with Crippen LogP contribution in [0.1, 0.15) is 46.2 Å². The number of aliphatic hydroxyl groups excluding tert-OH is 1. The summed E-state index contributed by atoms with van der Waals surface area (Å²) in [5, 5.41) is 13.9. The summed E-state index contributed by atoms with van der Waals surface area (Å²) < 4.78 is 0. The van der Waals surface area contributed by atoms with Crippen LogP contribution in [0.2, 0.25) is 0 Å². The van der Waals surface area contributed by atoms with Crippen molar-refractivity contribution in [2.24, 2.45) is 0 Å². The Morgan fingerprint density at radius 2 is 1.48 bits per heavy atom. The molecule has 0 aromatic heterocycles. The van der Waals surface area contributed by atoms with Crippen molar-refractivity contribution in [2.75, 3.05) is 23.4 Å². The van der Waals surface area contributed by atoms with Gasteiger partial charge >= 0.3 is 0 Å². The van der Waals surface area contributed by atoms with Gasteiger partial charge in [0.2, 0.25) is 0 Å². The van der Waals surface area contributed by atoms with Crippen molar-refractivity contribution in [3.63, 3.8) is 0 Å². The number of anilines is 2. The highest BCUT2D eigenvalue weighted by atomic mass is 16.3. The molecule has 3 nitrogen and oxygen atoms in total. The highest BCUT2D eigenvalue weighted by molar-refractivity contribution is 5.71. The summed E-state index contributed by atoms with van der Waals surface area (Å²) in [6, 6.07) is 26.8. The lowest BCUT2D eigenvalue weighted by Crippen LogP contribution is -2.46. The molecule has 3 aromatic carbocycles. The van der Waals surface area contributed by atoms with Crippen molar-refractivity contribution in [1.82, 2.24) is 0 Å². The highest BCUT2D eigenvalue weighted by Crippen LogP contribution is 2.60. The predicted molar refractivity (Wildman–Crippen MR) is 108 cm³/mol. The van der Waals surface area contributed by atoms with Crippen LogP contribution in [0.3, 0.4) is 0 Å². The van der Waals surface area contributed by atoms with Gasteiger partial charge in [0, 0.05) is 29.8 Å². The second-order valence-electron chi connectivity index (χ2n) is 7.90. The minimum Gasteiger partial charge on any atom is -0.396 e. The molecule has 3 aliphatic rings. The number of fused-ring (bicyclic) bond motifs is 10. The van der Waals surface area contributed by atoms with E-state index < -0.39 is 0 Å². The van der Waals surface area contributed by atoms with Crippen LogP contribution in [0.15, 0.2) is 72.8 Å². The summed E-state index contributed by atoms with van der Waals surface area (Å²) in [6.07, 6.45) is 0. The summed E-state index contributed by atoms with van der Waals surface area (Å²) in [5.41, 5.74) is 8.01. The Labute approximate surface area is 159 Å². The fourth-order valence-electron chi connectivity index (χ4n) is 5.55. The molecule has 134 valence electrons. The Morgan fingerprint density at radius 3 is 2.30 bits per heavy atom. The number of para-hydroxylation sites is 2. The third-order valence-corrected chi connectivity index (χ3v) is 6.64. The van der Waals surface area contributed by atoms with E-state index in [0.29, 0.717) is 18.0 Å². The standard InChI is InChI=1S/C24H22N2O/c27-14-15-13-26-21-12-6-4-10-19(21)23-22(18-9-3-5-11-20(18)25-23)24(26)17-8-2-1-7-16(15)17/h1-12,15,22-25,27H,13-14H2/t15-,22+,23+,24+/m1/s1. The molecular formula is C24H22N2O. The molecule has 3 aliphatic heterocycles. The van der Waals surface area contributed by atoms with Gasteiger partial charge in [-0.3, -0.25) is 0 Å². The van der Waals surface area contributed by atoms with E-state index in [0.717, 1.165) is 6.54 Å². The quantitative estimate of drug-likeness (QED) is 0.671. The van der Waals surface area contributed by atoms with E-state index in [1.54, 1.807) is 0 Å². The Morgan fingerprint density at radius 1 is 0.815 bits per heavy atom. The van der Waals surface area contributed by atoms with E-state index in [-0.39, 0.29) is 12.5 Å². The Balaban J connectivity index is 1.63. The van der Waals surface area contributed by atoms with Gasteiger partial charge in [-0.2, -0.15) is 0 Å². The number of aliphatic hydroxyl groups is 1. The first-order valence-electron chi connectivity index (χ1n) is 9.77. The molecule has 3 aromatic rings. The van der Waals surface area contributed by atoms with Gasteiger partial charge in [0.05, 0.1) is 18.7 Å². The van der Waals surface area contributed by atoms with Crippen molar-refractivity contribution in [3.8, 4) is 0 Å². The summed E-state index contributed by atoms with van der Waals surface area (Å²) in [6.45, 7) is 1.05. The third kappa shape index (κ3) is 2.00. The zero-order valence-electron chi connectivity index (χ0n) is 15.0. The average molecular weight is 354 g/mol. The maximum absolute atomic E-state index is 10.1. The molecule has 0 amide bonds. The number of nitrogens with zero attached hydrogens (tertiary/aromatic N) is 1. The first kappa shape index (κ1) is 15.3. The number of hydrogen-bond acceptors (Lipinski definition) is 3. The fraction of sp³-hybridized carbons (Fsp3) is 0.250. The van der Waals surface area contributed by atoms with E-state index in [1.165, 1.54) is 33.6 Å². The van der Waals surface area contributed by atoms with Crippen molar-refractivity contribution in [3.05, 3.63) is 95.1 Å². The minimum atomic E-state index is 0.159. The topological polar surface area (TPSA) is 35.5 Å². The largest absolute Gasteiger partial charge is 0.396 e. The van der Waals surface area contributed by atoms with Gasteiger partial charge in [-0.1, -0.05) is 60.7 Å². The molecule has 0 radical (unpaired) electrons. The highest BCUT2D eigenvalue weighted by Gasteiger charge is 2.49.